The molecule has 0 spiro atoms. The van der Waals surface area contributed by atoms with Crippen molar-refractivity contribution in [1.29, 1.82) is 0 Å². The zero-order valence-corrected chi connectivity index (χ0v) is 18.4. The van der Waals surface area contributed by atoms with E-state index in [2.05, 4.69) is 20.1 Å². The van der Waals surface area contributed by atoms with Gasteiger partial charge in [-0.2, -0.15) is 0 Å². The number of benzene rings is 2. The molecule has 0 atom stereocenters. The number of amides is 2. The molecule has 0 aliphatic carbocycles. The van der Waals surface area contributed by atoms with Gasteiger partial charge >= 0.3 is 0 Å². The summed E-state index contributed by atoms with van der Waals surface area (Å²) in [6, 6.07) is 11.5. The molecule has 33 heavy (non-hydrogen) atoms. The Kier molecular flexibility index (Phi) is 5.90. The maximum absolute atomic E-state index is 14.5. The summed E-state index contributed by atoms with van der Waals surface area (Å²) in [4.78, 5) is 26.7. The van der Waals surface area contributed by atoms with Crippen LogP contribution in [0.4, 0.5) is 15.8 Å². The second-order valence-electron chi connectivity index (χ2n) is 8.60. The summed E-state index contributed by atoms with van der Waals surface area (Å²) in [6.07, 6.45) is 6.62. The van der Waals surface area contributed by atoms with Crippen LogP contribution in [0.1, 0.15) is 54.7 Å². The molecule has 2 aromatic carbocycles. The highest BCUT2D eigenvalue weighted by atomic mass is 19.1. The fraction of sp³-hybridized carbons (Fsp3) is 0.360. The number of aromatic nitrogens is 3. The molecule has 170 valence electrons. The molecule has 7 nitrogen and oxygen atoms in total. The lowest BCUT2D eigenvalue weighted by Gasteiger charge is -2.26. The van der Waals surface area contributed by atoms with Gasteiger partial charge in [0.05, 0.1) is 5.69 Å². The molecule has 1 fully saturated rings. The number of hydrogen-bond acceptors (Lipinski definition) is 4. The topological polar surface area (TPSA) is 80.1 Å². The summed E-state index contributed by atoms with van der Waals surface area (Å²) in [6.45, 7) is 1.53. The van der Waals surface area contributed by atoms with E-state index in [9.17, 15) is 14.0 Å². The van der Waals surface area contributed by atoms with Crippen LogP contribution in [0.15, 0.2) is 42.5 Å². The van der Waals surface area contributed by atoms with Crippen LogP contribution >= 0.6 is 0 Å². The predicted molar refractivity (Wildman–Crippen MR) is 124 cm³/mol. The Hall–Kier alpha value is -3.55. The van der Waals surface area contributed by atoms with Gasteiger partial charge in [0.2, 0.25) is 5.91 Å². The fourth-order valence-corrected chi connectivity index (χ4v) is 4.52. The Labute approximate surface area is 191 Å². The maximum atomic E-state index is 14.5. The fourth-order valence-electron chi connectivity index (χ4n) is 4.52. The van der Waals surface area contributed by atoms with Crippen molar-refractivity contribution in [2.75, 3.05) is 16.8 Å². The number of anilines is 2. The summed E-state index contributed by atoms with van der Waals surface area (Å²) in [7, 11) is 0. The number of nitrogens with zero attached hydrogens (tertiary/aromatic N) is 4. The molecule has 0 saturated carbocycles. The van der Waals surface area contributed by atoms with Crippen LogP contribution < -0.4 is 10.2 Å². The van der Waals surface area contributed by atoms with Gasteiger partial charge in [-0.25, -0.2) is 4.39 Å². The van der Waals surface area contributed by atoms with Crippen molar-refractivity contribution in [3.63, 3.8) is 0 Å². The van der Waals surface area contributed by atoms with E-state index in [0.717, 1.165) is 56.6 Å². The van der Waals surface area contributed by atoms with Gasteiger partial charge in [0.15, 0.2) is 5.82 Å². The second kappa shape index (κ2) is 9.13. The van der Waals surface area contributed by atoms with Crippen LogP contribution in [-0.2, 0) is 17.8 Å². The molecule has 3 heterocycles. The van der Waals surface area contributed by atoms with E-state index in [4.69, 9.17) is 0 Å². The van der Waals surface area contributed by atoms with Crippen molar-refractivity contribution in [1.82, 2.24) is 14.8 Å². The minimum atomic E-state index is -0.516. The molecular weight excluding hydrogens is 421 g/mol. The number of aryl methyl sites for hydroxylation is 1. The Bertz CT molecular complexity index is 1190. The normalized spacial score (nSPS) is 16.3. The minimum absolute atomic E-state index is 0.0961. The highest BCUT2D eigenvalue weighted by Crippen LogP contribution is 2.27. The number of carbonyl (C=O) groups excluding carboxylic acids is 2. The van der Waals surface area contributed by atoms with E-state index in [1.54, 1.807) is 41.3 Å². The van der Waals surface area contributed by atoms with Crippen molar-refractivity contribution >= 4 is 23.2 Å². The van der Waals surface area contributed by atoms with E-state index >= 15 is 0 Å². The van der Waals surface area contributed by atoms with Crippen LogP contribution in [-0.4, -0.2) is 33.1 Å². The van der Waals surface area contributed by atoms with E-state index in [1.165, 1.54) is 6.07 Å². The number of halogens is 1. The number of fused-ring (bicyclic) bond motifs is 1. The number of hydrogen-bond donors (Lipinski definition) is 1. The summed E-state index contributed by atoms with van der Waals surface area (Å²) in [5.41, 5.74) is 1.98. The van der Waals surface area contributed by atoms with E-state index in [-0.39, 0.29) is 11.6 Å². The predicted octanol–water partition coefficient (Wildman–Crippen LogP) is 4.58. The molecule has 5 rings (SSSR count). The molecule has 2 aliphatic rings. The monoisotopic (exact) mass is 447 g/mol. The maximum Gasteiger partial charge on any atom is 0.255 e. The third-order valence-electron chi connectivity index (χ3n) is 6.35. The lowest BCUT2D eigenvalue weighted by atomic mass is 10.1. The Balaban J connectivity index is 1.35. The lowest BCUT2D eigenvalue weighted by Crippen LogP contribution is -2.35. The van der Waals surface area contributed by atoms with Crippen LogP contribution in [0, 0.1) is 5.82 Å². The lowest BCUT2D eigenvalue weighted by molar-refractivity contribution is -0.119. The van der Waals surface area contributed by atoms with Crippen molar-refractivity contribution in [2.45, 2.75) is 51.5 Å². The Morgan fingerprint density at radius 1 is 0.909 bits per heavy atom. The molecule has 0 unspecified atom stereocenters. The Morgan fingerprint density at radius 2 is 1.70 bits per heavy atom. The van der Waals surface area contributed by atoms with Crippen molar-refractivity contribution in [2.24, 2.45) is 0 Å². The first-order valence-electron chi connectivity index (χ1n) is 11.5. The van der Waals surface area contributed by atoms with Gasteiger partial charge in [-0.05, 0) is 68.1 Å². The summed E-state index contributed by atoms with van der Waals surface area (Å²) in [5.74, 6) is 0.812. The van der Waals surface area contributed by atoms with Gasteiger partial charge < -0.3 is 14.8 Å². The second-order valence-corrected chi connectivity index (χ2v) is 8.60. The van der Waals surface area contributed by atoms with E-state index in [1.807, 2.05) is 0 Å². The number of piperidine rings is 1. The average Bonchev–Trinajstić information content (AvgIpc) is 3.09. The largest absolute Gasteiger partial charge is 0.319 e. The van der Waals surface area contributed by atoms with Gasteiger partial charge in [-0.1, -0.05) is 6.42 Å². The smallest absolute Gasteiger partial charge is 0.255 e. The first kappa shape index (κ1) is 21.3. The summed E-state index contributed by atoms with van der Waals surface area (Å²) in [5, 5.41) is 11.3. The van der Waals surface area contributed by atoms with Gasteiger partial charge in [0.25, 0.3) is 5.91 Å². The molecule has 8 heteroatoms. The van der Waals surface area contributed by atoms with Gasteiger partial charge in [-0.15, -0.1) is 10.2 Å². The molecule has 1 aromatic heterocycles. The first-order chi connectivity index (χ1) is 16.1. The average molecular weight is 448 g/mol. The first-order valence-corrected chi connectivity index (χ1v) is 11.5. The number of rotatable bonds is 4. The van der Waals surface area contributed by atoms with Gasteiger partial charge in [-0.3, -0.25) is 9.59 Å². The quantitative estimate of drug-likeness (QED) is 0.635. The highest BCUT2D eigenvalue weighted by molar-refractivity contribution is 6.05. The van der Waals surface area contributed by atoms with Crippen LogP contribution in [0.25, 0.3) is 11.4 Å². The zero-order valence-electron chi connectivity index (χ0n) is 18.4. The molecular formula is C25H26FN5O2. The third kappa shape index (κ3) is 4.37. The van der Waals surface area contributed by atoms with E-state index in [0.29, 0.717) is 29.9 Å². The molecule has 1 N–H and O–H groups in total. The summed E-state index contributed by atoms with van der Waals surface area (Å²) < 4.78 is 16.6. The molecule has 0 radical (unpaired) electrons. The third-order valence-corrected chi connectivity index (χ3v) is 6.35. The van der Waals surface area contributed by atoms with Crippen molar-refractivity contribution < 1.29 is 14.0 Å². The molecule has 2 aliphatic heterocycles. The van der Waals surface area contributed by atoms with Crippen LogP contribution in [0.2, 0.25) is 0 Å². The number of carbonyl (C=O) groups is 2. The van der Waals surface area contributed by atoms with Crippen molar-refractivity contribution in [3.8, 4) is 11.4 Å². The van der Waals surface area contributed by atoms with Gasteiger partial charge in [0.1, 0.15) is 11.6 Å². The molecule has 3 aromatic rings. The van der Waals surface area contributed by atoms with Gasteiger partial charge in [0, 0.05) is 42.7 Å². The minimum Gasteiger partial charge on any atom is -0.319 e. The van der Waals surface area contributed by atoms with Crippen molar-refractivity contribution in [3.05, 3.63) is 59.7 Å². The Morgan fingerprint density at radius 3 is 2.52 bits per heavy atom. The van der Waals surface area contributed by atoms with Crippen LogP contribution in [0.5, 0.6) is 0 Å². The van der Waals surface area contributed by atoms with Crippen LogP contribution in [0.3, 0.4) is 0 Å². The highest BCUT2D eigenvalue weighted by Gasteiger charge is 2.21. The molecule has 1 saturated heterocycles. The number of nitrogens with one attached hydrogen (secondary N) is 1. The molecule has 2 amide bonds. The standard InChI is InChI=1S/C25H26FN5O2/c26-20-13-10-18(24-29-28-22-6-2-1-4-15-31(22)24)16-21(20)27-25(33)17-8-11-19(12-9-17)30-14-5-3-7-23(30)32/h8-13,16H,1-7,14-15H2,(H,27,33). The summed E-state index contributed by atoms with van der Waals surface area (Å²) >= 11 is 0. The van der Waals surface area contributed by atoms with E-state index < -0.39 is 11.7 Å². The SMILES string of the molecule is O=C(Nc1cc(-c2nnc3n2CCCCC3)ccc1F)c1ccc(N2CCCCC2=O)cc1. The zero-order chi connectivity index (χ0) is 22.8. The molecule has 0 bridgehead atoms.